The van der Waals surface area contributed by atoms with Gasteiger partial charge in [-0.2, -0.15) is 0 Å². The van der Waals surface area contributed by atoms with Crippen molar-refractivity contribution < 1.29 is 9.90 Å². The second-order valence-corrected chi connectivity index (χ2v) is 5.50. The highest BCUT2D eigenvalue weighted by molar-refractivity contribution is 7.09. The Morgan fingerprint density at radius 1 is 1.32 bits per heavy atom. The molecule has 0 atom stereocenters. The molecule has 100 valence electrons. The summed E-state index contributed by atoms with van der Waals surface area (Å²) in [6.07, 6.45) is 0. The van der Waals surface area contributed by atoms with Crippen LogP contribution in [0.5, 0.6) is 0 Å². The Morgan fingerprint density at radius 3 is 2.53 bits per heavy atom. The predicted octanol–water partition coefficient (Wildman–Crippen LogP) is 2.78. The molecule has 1 heterocycles. The Bertz CT molecular complexity index is 563. The number of aromatic nitrogens is 1. The molecule has 1 N–H and O–H groups in total. The number of rotatable bonds is 5. The van der Waals surface area contributed by atoms with Crippen molar-refractivity contribution in [1.82, 2.24) is 9.88 Å². The minimum Gasteiger partial charge on any atom is -0.478 e. The van der Waals surface area contributed by atoms with Crippen LogP contribution < -0.4 is 0 Å². The number of benzene rings is 1. The summed E-state index contributed by atoms with van der Waals surface area (Å²) < 4.78 is 0. The Hall–Kier alpha value is -1.72. The fraction of sp³-hybridized carbons (Fsp3) is 0.286. The summed E-state index contributed by atoms with van der Waals surface area (Å²) in [6.45, 7) is 3.57. The molecule has 0 bridgehead atoms. The number of hydrogen-bond acceptors (Lipinski definition) is 4. The Kier molecular flexibility index (Phi) is 4.29. The standard InChI is InChI=1S/C14H16N2O2S/c1-10-9-19-13(15-10)8-16(2)7-11-3-5-12(6-4-11)14(17)18/h3-6,9H,7-8H2,1-2H3,(H,17,18). The summed E-state index contributed by atoms with van der Waals surface area (Å²) in [5.74, 6) is -0.891. The van der Waals surface area contributed by atoms with Gasteiger partial charge in [-0.3, -0.25) is 4.90 Å². The van der Waals surface area contributed by atoms with Gasteiger partial charge >= 0.3 is 5.97 Å². The normalized spacial score (nSPS) is 10.9. The molecule has 2 aromatic rings. The van der Waals surface area contributed by atoms with Crippen molar-refractivity contribution in [2.45, 2.75) is 20.0 Å². The monoisotopic (exact) mass is 276 g/mol. The van der Waals surface area contributed by atoms with Crippen molar-refractivity contribution in [1.29, 1.82) is 0 Å². The zero-order valence-corrected chi connectivity index (χ0v) is 11.8. The van der Waals surface area contributed by atoms with Crippen LogP contribution in [0.1, 0.15) is 26.6 Å². The van der Waals surface area contributed by atoms with E-state index in [2.05, 4.69) is 9.88 Å². The lowest BCUT2D eigenvalue weighted by molar-refractivity contribution is 0.0697. The lowest BCUT2D eigenvalue weighted by Gasteiger charge is -2.15. The van der Waals surface area contributed by atoms with Crippen molar-refractivity contribution in [3.63, 3.8) is 0 Å². The summed E-state index contributed by atoms with van der Waals surface area (Å²) >= 11 is 1.66. The number of carboxylic acids is 1. The first-order valence-corrected chi connectivity index (χ1v) is 6.84. The summed E-state index contributed by atoms with van der Waals surface area (Å²) in [7, 11) is 2.03. The maximum absolute atomic E-state index is 10.8. The zero-order chi connectivity index (χ0) is 13.8. The van der Waals surface area contributed by atoms with Crippen LogP contribution in [0.25, 0.3) is 0 Å². The molecule has 4 nitrogen and oxygen atoms in total. The summed E-state index contributed by atoms with van der Waals surface area (Å²) in [4.78, 5) is 17.4. The molecule has 0 unspecified atom stereocenters. The quantitative estimate of drug-likeness (QED) is 0.912. The summed E-state index contributed by atoms with van der Waals surface area (Å²) in [5, 5.41) is 12.0. The van der Waals surface area contributed by atoms with E-state index in [0.29, 0.717) is 5.56 Å². The molecular formula is C14H16N2O2S. The first kappa shape index (κ1) is 13.7. The molecule has 0 aliphatic rings. The van der Waals surface area contributed by atoms with E-state index in [1.54, 1.807) is 23.5 Å². The summed E-state index contributed by atoms with van der Waals surface area (Å²) in [5.41, 5.74) is 2.47. The Balaban J connectivity index is 1.94. The third-order valence-corrected chi connectivity index (χ3v) is 3.68. The molecule has 0 fully saturated rings. The minimum absolute atomic E-state index is 0.321. The van der Waals surface area contributed by atoms with E-state index >= 15 is 0 Å². The smallest absolute Gasteiger partial charge is 0.335 e. The van der Waals surface area contributed by atoms with Gasteiger partial charge in [-0.1, -0.05) is 12.1 Å². The van der Waals surface area contributed by atoms with Crippen molar-refractivity contribution >= 4 is 17.3 Å². The maximum Gasteiger partial charge on any atom is 0.335 e. The van der Waals surface area contributed by atoms with Crippen LogP contribution in [0.3, 0.4) is 0 Å². The molecule has 0 radical (unpaired) electrons. The third kappa shape index (κ3) is 3.87. The topological polar surface area (TPSA) is 53.4 Å². The van der Waals surface area contributed by atoms with Crippen LogP contribution >= 0.6 is 11.3 Å². The van der Waals surface area contributed by atoms with Gasteiger partial charge in [0.15, 0.2) is 0 Å². The number of carboxylic acid groups (broad SMARTS) is 1. The van der Waals surface area contributed by atoms with Gasteiger partial charge in [0, 0.05) is 17.6 Å². The van der Waals surface area contributed by atoms with Crippen molar-refractivity contribution in [2.75, 3.05) is 7.05 Å². The van der Waals surface area contributed by atoms with Gasteiger partial charge in [0.05, 0.1) is 12.1 Å². The van der Waals surface area contributed by atoms with Gasteiger partial charge in [0.25, 0.3) is 0 Å². The Morgan fingerprint density at radius 2 is 2.00 bits per heavy atom. The molecule has 2 rings (SSSR count). The molecule has 0 saturated heterocycles. The highest BCUT2D eigenvalue weighted by Gasteiger charge is 2.06. The molecule has 0 aliphatic heterocycles. The van der Waals surface area contributed by atoms with Gasteiger partial charge in [-0.15, -0.1) is 11.3 Å². The van der Waals surface area contributed by atoms with Gasteiger partial charge < -0.3 is 5.11 Å². The first-order valence-electron chi connectivity index (χ1n) is 5.96. The first-order chi connectivity index (χ1) is 9.04. The number of aryl methyl sites for hydroxylation is 1. The lowest BCUT2D eigenvalue weighted by Crippen LogP contribution is -2.17. The second kappa shape index (κ2) is 5.95. The average molecular weight is 276 g/mol. The minimum atomic E-state index is -0.891. The van der Waals surface area contributed by atoms with E-state index < -0.39 is 5.97 Å². The average Bonchev–Trinajstić information content (AvgIpc) is 2.75. The zero-order valence-electron chi connectivity index (χ0n) is 11.0. The molecule has 0 saturated carbocycles. The van der Waals surface area contributed by atoms with Crippen molar-refractivity contribution in [2.24, 2.45) is 0 Å². The Labute approximate surface area is 116 Å². The largest absolute Gasteiger partial charge is 0.478 e. The molecule has 0 spiro atoms. The third-order valence-electron chi connectivity index (χ3n) is 2.73. The van der Waals surface area contributed by atoms with E-state index in [-0.39, 0.29) is 0 Å². The predicted molar refractivity (Wildman–Crippen MR) is 75.4 cm³/mol. The van der Waals surface area contributed by atoms with Crippen LogP contribution in [-0.2, 0) is 13.1 Å². The molecule has 1 aromatic heterocycles. The maximum atomic E-state index is 10.8. The fourth-order valence-electron chi connectivity index (χ4n) is 1.83. The molecule has 0 aliphatic carbocycles. The molecule has 1 aromatic carbocycles. The lowest BCUT2D eigenvalue weighted by atomic mass is 10.1. The van der Waals surface area contributed by atoms with Crippen LogP contribution in [0, 0.1) is 6.92 Å². The van der Waals surface area contributed by atoms with E-state index in [1.165, 1.54) is 0 Å². The summed E-state index contributed by atoms with van der Waals surface area (Å²) in [6, 6.07) is 6.98. The van der Waals surface area contributed by atoms with Crippen LogP contribution in [0.15, 0.2) is 29.6 Å². The van der Waals surface area contributed by atoms with Gasteiger partial charge in [0.1, 0.15) is 5.01 Å². The van der Waals surface area contributed by atoms with Gasteiger partial charge in [-0.05, 0) is 31.7 Å². The number of aromatic carboxylic acids is 1. The number of carbonyl (C=O) groups is 1. The van der Waals surface area contributed by atoms with E-state index in [0.717, 1.165) is 29.4 Å². The molecule has 0 amide bonds. The van der Waals surface area contributed by atoms with Gasteiger partial charge in [-0.25, -0.2) is 9.78 Å². The molecular weight excluding hydrogens is 260 g/mol. The SMILES string of the molecule is Cc1csc(CN(C)Cc2ccc(C(=O)O)cc2)n1. The number of nitrogens with zero attached hydrogens (tertiary/aromatic N) is 2. The molecule has 5 heteroatoms. The van der Waals surface area contributed by atoms with Gasteiger partial charge in [0.2, 0.25) is 0 Å². The van der Waals surface area contributed by atoms with E-state index in [1.807, 2.05) is 31.5 Å². The second-order valence-electron chi connectivity index (χ2n) is 4.56. The van der Waals surface area contributed by atoms with Crippen LogP contribution in [0.2, 0.25) is 0 Å². The highest BCUT2D eigenvalue weighted by Crippen LogP contribution is 2.13. The van der Waals surface area contributed by atoms with Crippen molar-refractivity contribution in [3.05, 3.63) is 51.5 Å². The van der Waals surface area contributed by atoms with Crippen LogP contribution in [-0.4, -0.2) is 28.0 Å². The van der Waals surface area contributed by atoms with Crippen LogP contribution in [0.4, 0.5) is 0 Å². The molecule has 19 heavy (non-hydrogen) atoms. The van der Waals surface area contributed by atoms with Crippen molar-refractivity contribution in [3.8, 4) is 0 Å². The number of hydrogen-bond donors (Lipinski definition) is 1. The van der Waals surface area contributed by atoms with E-state index in [4.69, 9.17) is 5.11 Å². The van der Waals surface area contributed by atoms with E-state index in [9.17, 15) is 4.79 Å². The highest BCUT2D eigenvalue weighted by atomic mass is 32.1. The fourth-order valence-corrected chi connectivity index (χ4v) is 2.68. The number of thiazole rings is 1.